The Morgan fingerprint density at radius 1 is 1.16 bits per heavy atom. The van der Waals surface area contributed by atoms with Gasteiger partial charge in [-0.3, -0.25) is 4.72 Å². The molecule has 0 saturated heterocycles. The second kappa shape index (κ2) is 5.89. The lowest BCUT2D eigenvalue weighted by Gasteiger charge is -2.11. The Balaban J connectivity index is 2.17. The number of rotatable bonds is 4. The van der Waals surface area contributed by atoms with E-state index in [0.29, 0.717) is 11.1 Å². The summed E-state index contributed by atoms with van der Waals surface area (Å²) in [6.07, 6.45) is 0. The predicted octanol–water partition coefficient (Wildman–Crippen LogP) is 3.42. The van der Waals surface area contributed by atoms with Gasteiger partial charge in [-0.2, -0.15) is 0 Å². The van der Waals surface area contributed by atoms with Gasteiger partial charge in [0.05, 0.1) is 10.6 Å². The number of hydrogen-bond acceptors (Lipinski definition) is 3. The van der Waals surface area contributed by atoms with E-state index >= 15 is 0 Å². The minimum absolute atomic E-state index is 0.0280. The van der Waals surface area contributed by atoms with E-state index < -0.39 is 21.8 Å². The minimum Gasteiger partial charge on any atom is -0.477 e. The van der Waals surface area contributed by atoms with Crippen molar-refractivity contribution in [3.8, 4) is 0 Å². The molecular formula is C17H15FN2O4S. The lowest BCUT2D eigenvalue weighted by molar-refractivity contribution is 0.0692. The van der Waals surface area contributed by atoms with Gasteiger partial charge in [-0.1, -0.05) is 17.7 Å². The highest BCUT2D eigenvalue weighted by molar-refractivity contribution is 7.92. The highest BCUT2D eigenvalue weighted by Gasteiger charge is 2.24. The smallest absolute Gasteiger partial charge is 0.354 e. The molecule has 0 aliphatic carbocycles. The highest BCUT2D eigenvalue weighted by atomic mass is 32.2. The topological polar surface area (TPSA) is 99.3 Å². The fourth-order valence-corrected chi connectivity index (χ4v) is 4.04. The van der Waals surface area contributed by atoms with E-state index in [0.717, 1.165) is 17.7 Å². The molecule has 2 aromatic carbocycles. The first-order valence-corrected chi connectivity index (χ1v) is 8.82. The largest absolute Gasteiger partial charge is 0.477 e. The van der Waals surface area contributed by atoms with Gasteiger partial charge in [-0.15, -0.1) is 0 Å². The minimum atomic E-state index is -4.05. The third kappa shape index (κ3) is 3.08. The molecule has 1 aromatic heterocycles. The second-order valence-corrected chi connectivity index (χ2v) is 7.40. The summed E-state index contributed by atoms with van der Waals surface area (Å²) in [7, 11) is -4.05. The number of nitrogens with one attached hydrogen (secondary N) is 2. The number of aryl methyl sites for hydroxylation is 2. The maximum atomic E-state index is 13.6. The van der Waals surface area contributed by atoms with Crippen molar-refractivity contribution >= 4 is 32.6 Å². The Hall–Kier alpha value is -2.87. The molecule has 3 aromatic rings. The van der Waals surface area contributed by atoms with Crippen molar-refractivity contribution in [1.29, 1.82) is 0 Å². The number of carboxylic acids is 1. The van der Waals surface area contributed by atoms with E-state index in [1.54, 1.807) is 19.1 Å². The Bertz CT molecular complexity index is 1100. The highest BCUT2D eigenvalue weighted by Crippen LogP contribution is 2.31. The Morgan fingerprint density at radius 3 is 2.52 bits per heavy atom. The normalized spacial score (nSPS) is 11.6. The summed E-state index contributed by atoms with van der Waals surface area (Å²) >= 11 is 0. The zero-order chi connectivity index (χ0) is 18.4. The Kier molecular flexibility index (Phi) is 4.00. The van der Waals surface area contributed by atoms with Crippen LogP contribution in [0.2, 0.25) is 0 Å². The molecule has 0 aliphatic heterocycles. The molecule has 0 aliphatic rings. The van der Waals surface area contributed by atoms with E-state index in [1.165, 1.54) is 12.1 Å². The van der Waals surface area contributed by atoms with E-state index in [9.17, 15) is 22.7 Å². The summed E-state index contributed by atoms with van der Waals surface area (Å²) in [5, 5.41) is 9.48. The van der Waals surface area contributed by atoms with Crippen LogP contribution in [0.1, 0.15) is 21.6 Å². The van der Waals surface area contributed by atoms with Crippen LogP contribution in [-0.2, 0) is 10.0 Å². The Morgan fingerprint density at radius 2 is 1.88 bits per heavy atom. The number of carbonyl (C=O) groups is 1. The molecule has 3 N–H and O–H groups in total. The molecular weight excluding hydrogens is 347 g/mol. The molecule has 0 amide bonds. The number of halogens is 1. The van der Waals surface area contributed by atoms with Gasteiger partial charge in [0, 0.05) is 10.9 Å². The van der Waals surface area contributed by atoms with Crippen LogP contribution >= 0.6 is 0 Å². The van der Waals surface area contributed by atoms with Crippen molar-refractivity contribution < 1.29 is 22.7 Å². The van der Waals surface area contributed by atoms with Crippen LogP contribution in [-0.4, -0.2) is 24.5 Å². The molecule has 25 heavy (non-hydrogen) atoms. The van der Waals surface area contributed by atoms with Crippen LogP contribution in [0.15, 0.2) is 41.3 Å². The number of sulfonamides is 1. The van der Waals surface area contributed by atoms with Crippen LogP contribution in [0.3, 0.4) is 0 Å². The zero-order valence-electron chi connectivity index (χ0n) is 13.4. The lowest BCUT2D eigenvalue weighted by Crippen LogP contribution is -2.16. The first-order chi connectivity index (χ1) is 11.7. The standard InChI is InChI=1S/C17H15FN2O4S/c1-9-3-6-14(10(2)7-9)25(23,24)20-15-12-8-11(18)4-5-13(12)19-16(15)17(21)22/h3-8,19-20H,1-2H3,(H,21,22). The SMILES string of the molecule is Cc1ccc(S(=O)(=O)Nc2c(C(=O)O)[nH]c3ccc(F)cc23)c(C)c1. The van der Waals surface area contributed by atoms with Crippen molar-refractivity contribution in [3.63, 3.8) is 0 Å². The second-order valence-electron chi connectivity index (χ2n) is 5.74. The number of H-pyrrole nitrogens is 1. The molecule has 0 spiro atoms. The van der Waals surface area contributed by atoms with Crippen LogP contribution < -0.4 is 4.72 Å². The van der Waals surface area contributed by atoms with Crippen molar-refractivity contribution in [3.05, 3.63) is 59.0 Å². The molecule has 0 bridgehead atoms. The molecule has 3 rings (SSSR count). The summed E-state index contributed by atoms with van der Waals surface area (Å²) in [6.45, 7) is 3.48. The number of benzene rings is 2. The third-order valence-corrected chi connectivity index (χ3v) is 5.34. The molecule has 6 nitrogen and oxygen atoms in total. The third-order valence-electron chi connectivity index (χ3n) is 3.83. The average molecular weight is 362 g/mol. The van der Waals surface area contributed by atoms with Gasteiger partial charge in [0.2, 0.25) is 0 Å². The van der Waals surface area contributed by atoms with Crippen LogP contribution in [0.5, 0.6) is 0 Å². The first kappa shape index (κ1) is 17.0. The van der Waals surface area contributed by atoms with Gasteiger partial charge in [-0.25, -0.2) is 17.6 Å². The van der Waals surface area contributed by atoms with Gasteiger partial charge in [-0.05, 0) is 43.7 Å². The predicted molar refractivity (Wildman–Crippen MR) is 91.9 cm³/mol. The van der Waals surface area contributed by atoms with Crippen molar-refractivity contribution in [2.45, 2.75) is 18.7 Å². The number of hydrogen-bond donors (Lipinski definition) is 3. The van der Waals surface area contributed by atoms with Crippen molar-refractivity contribution in [1.82, 2.24) is 4.98 Å². The summed E-state index contributed by atoms with van der Waals surface area (Å²) < 4.78 is 41.3. The van der Waals surface area contributed by atoms with Gasteiger partial charge in [0.25, 0.3) is 10.0 Å². The van der Waals surface area contributed by atoms with Gasteiger partial charge < -0.3 is 10.1 Å². The molecule has 1 heterocycles. The number of aromatic carboxylic acids is 1. The first-order valence-electron chi connectivity index (χ1n) is 7.33. The van der Waals surface area contributed by atoms with Crippen molar-refractivity contribution in [2.24, 2.45) is 0 Å². The average Bonchev–Trinajstić information content (AvgIpc) is 2.84. The number of aromatic nitrogens is 1. The quantitative estimate of drug-likeness (QED) is 0.662. The number of anilines is 1. The number of aromatic amines is 1. The molecule has 0 fully saturated rings. The van der Waals surface area contributed by atoms with Gasteiger partial charge in [0.15, 0.2) is 0 Å². The summed E-state index contributed by atoms with van der Waals surface area (Å²) in [5.41, 5.74) is 1.19. The van der Waals surface area contributed by atoms with E-state index in [2.05, 4.69) is 9.71 Å². The van der Waals surface area contributed by atoms with E-state index in [-0.39, 0.29) is 21.7 Å². The monoisotopic (exact) mass is 362 g/mol. The van der Waals surface area contributed by atoms with E-state index in [4.69, 9.17) is 0 Å². The zero-order valence-corrected chi connectivity index (χ0v) is 14.2. The molecule has 0 saturated carbocycles. The van der Waals surface area contributed by atoms with Crippen LogP contribution in [0.25, 0.3) is 10.9 Å². The fraction of sp³-hybridized carbons (Fsp3) is 0.118. The summed E-state index contributed by atoms with van der Waals surface area (Å²) in [4.78, 5) is 14.1. The van der Waals surface area contributed by atoms with Crippen molar-refractivity contribution in [2.75, 3.05) is 4.72 Å². The molecule has 8 heteroatoms. The Labute approximate surface area is 143 Å². The molecule has 0 radical (unpaired) electrons. The molecule has 0 atom stereocenters. The van der Waals surface area contributed by atoms with E-state index in [1.807, 2.05) is 6.92 Å². The maximum Gasteiger partial charge on any atom is 0.354 e. The van der Waals surface area contributed by atoms with Crippen LogP contribution in [0.4, 0.5) is 10.1 Å². The number of carboxylic acid groups (broad SMARTS) is 1. The molecule has 130 valence electrons. The lowest BCUT2D eigenvalue weighted by atomic mass is 10.2. The maximum absolute atomic E-state index is 13.6. The summed E-state index contributed by atoms with van der Waals surface area (Å²) in [5.74, 6) is -1.95. The van der Waals surface area contributed by atoms with Gasteiger partial charge >= 0.3 is 5.97 Å². The number of fused-ring (bicyclic) bond motifs is 1. The summed E-state index contributed by atoms with van der Waals surface area (Å²) in [6, 6.07) is 8.40. The van der Waals surface area contributed by atoms with Crippen LogP contribution in [0, 0.1) is 19.7 Å². The molecule has 0 unspecified atom stereocenters. The fourth-order valence-electron chi connectivity index (χ4n) is 2.72. The van der Waals surface area contributed by atoms with Gasteiger partial charge in [0.1, 0.15) is 11.5 Å².